The van der Waals surface area contributed by atoms with Crippen molar-refractivity contribution in [3.05, 3.63) is 41.0 Å². The Morgan fingerprint density at radius 2 is 2.07 bits per heavy atom. The average molecular weight is 376 g/mol. The highest BCUT2D eigenvalue weighted by atomic mass is 32.1. The van der Waals surface area contributed by atoms with Crippen molar-refractivity contribution in [3.63, 3.8) is 0 Å². The molecule has 1 aromatic carbocycles. The number of imidazole rings is 1. The number of fused-ring (bicyclic) bond motifs is 1. The van der Waals surface area contributed by atoms with Gasteiger partial charge in [0.25, 0.3) is 5.91 Å². The molecule has 9 heteroatoms. The van der Waals surface area contributed by atoms with E-state index in [0.717, 1.165) is 33.5 Å². The average Bonchev–Trinajstić information content (AvgIpc) is 3.19. The van der Waals surface area contributed by atoms with Crippen molar-refractivity contribution in [2.75, 3.05) is 5.32 Å². The van der Waals surface area contributed by atoms with Gasteiger partial charge in [-0.15, -0.1) is 11.3 Å². The number of hydrogen-bond donors (Lipinski definition) is 3. The van der Waals surface area contributed by atoms with Gasteiger partial charge in [-0.3, -0.25) is 4.79 Å². The summed E-state index contributed by atoms with van der Waals surface area (Å²) in [7, 11) is 0. The second kappa shape index (κ2) is 6.13. The van der Waals surface area contributed by atoms with E-state index in [2.05, 4.69) is 35.6 Å². The monoisotopic (exact) mass is 376 g/mol. The summed E-state index contributed by atoms with van der Waals surface area (Å²) in [5, 5.41) is 6.51. The van der Waals surface area contributed by atoms with Crippen LogP contribution in [0.1, 0.15) is 22.6 Å². The maximum atomic E-state index is 11.3. The van der Waals surface area contributed by atoms with Crippen LogP contribution in [0.5, 0.6) is 0 Å². The first-order chi connectivity index (χ1) is 13.2. The summed E-state index contributed by atoms with van der Waals surface area (Å²) in [5.41, 5.74) is 9.01. The number of nitrogens with zero attached hydrogens (tertiary/aromatic N) is 4. The van der Waals surface area contributed by atoms with E-state index < -0.39 is 5.91 Å². The van der Waals surface area contributed by atoms with Crippen molar-refractivity contribution in [2.24, 2.45) is 5.73 Å². The number of carbonyl (C=O) groups is 1. The van der Waals surface area contributed by atoms with Gasteiger partial charge in [0.2, 0.25) is 5.95 Å². The van der Waals surface area contributed by atoms with Crippen LogP contribution >= 0.6 is 11.3 Å². The second-order valence-corrected chi connectivity index (χ2v) is 7.13. The number of hydrogen-bond acceptors (Lipinski definition) is 7. The molecular weight excluding hydrogens is 362 g/mol. The molecule has 1 aliphatic rings. The predicted molar refractivity (Wildman–Crippen MR) is 102 cm³/mol. The summed E-state index contributed by atoms with van der Waals surface area (Å²) in [5.74, 6) is 0.740. The van der Waals surface area contributed by atoms with Crippen molar-refractivity contribution in [3.8, 4) is 22.6 Å². The molecular formula is C18H14N7OS. The summed E-state index contributed by atoms with van der Waals surface area (Å²) in [4.78, 5) is 32.3. The first-order valence-electron chi connectivity index (χ1n) is 8.44. The van der Waals surface area contributed by atoms with Crippen LogP contribution in [0.2, 0.25) is 0 Å². The molecule has 0 atom stereocenters. The molecule has 3 aromatic heterocycles. The molecule has 4 N–H and O–H groups in total. The third-order valence-electron chi connectivity index (χ3n) is 4.27. The van der Waals surface area contributed by atoms with Gasteiger partial charge < -0.3 is 16.0 Å². The van der Waals surface area contributed by atoms with Crippen LogP contribution in [0.3, 0.4) is 0 Å². The van der Waals surface area contributed by atoms with E-state index in [1.54, 1.807) is 12.4 Å². The number of H-pyrrole nitrogens is 1. The summed E-state index contributed by atoms with van der Waals surface area (Å²) >= 11 is 1.10. The smallest absolute Gasteiger partial charge is 0.277 e. The zero-order chi connectivity index (χ0) is 18.4. The number of aromatic amines is 1. The molecule has 1 amide bonds. The number of thiazole rings is 1. The summed E-state index contributed by atoms with van der Waals surface area (Å²) in [6, 6.07) is 6.23. The van der Waals surface area contributed by atoms with Gasteiger partial charge in [-0.1, -0.05) is 12.1 Å². The van der Waals surface area contributed by atoms with Gasteiger partial charge in [0.1, 0.15) is 5.82 Å². The fourth-order valence-electron chi connectivity index (χ4n) is 2.76. The number of nitrogens with two attached hydrogens (primary N) is 1. The van der Waals surface area contributed by atoms with Gasteiger partial charge in [-0.05, 0) is 18.9 Å². The fraction of sp³-hybridized carbons (Fsp3) is 0.167. The molecule has 27 heavy (non-hydrogen) atoms. The van der Waals surface area contributed by atoms with Gasteiger partial charge in [-0.25, -0.2) is 19.9 Å². The van der Waals surface area contributed by atoms with Gasteiger partial charge in [0.05, 0.1) is 27.7 Å². The molecule has 133 valence electrons. The summed E-state index contributed by atoms with van der Waals surface area (Å²) < 4.78 is 0. The van der Waals surface area contributed by atoms with E-state index >= 15 is 0 Å². The lowest BCUT2D eigenvalue weighted by atomic mass is 10.1. The molecule has 5 rings (SSSR count). The number of rotatable bonds is 5. The van der Waals surface area contributed by atoms with E-state index in [1.165, 1.54) is 12.8 Å². The molecule has 3 heterocycles. The van der Waals surface area contributed by atoms with Crippen molar-refractivity contribution in [1.29, 1.82) is 0 Å². The van der Waals surface area contributed by atoms with Crippen molar-refractivity contribution in [1.82, 2.24) is 24.9 Å². The zero-order valence-electron chi connectivity index (χ0n) is 14.1. The lowest BCUT2D eigenvalue weighted by Gasteiger charge is -2.02. The predicted octanol–water partition coefficient (Wildman–Crippen LogP) is 2.62. The van der Waals surface area contributed by atoms with Gasteiger partial charge in [0.15, 0.2) is 5.01 Å². The largest absolute Gasteiger partial charge is 0.364 e. The quantitative estimate of drug-likeness (QED) is 0.492. The molecule has 1 aliphatic carbocycles. The molecule has 8 nitrogen and oxygen atoms in total. The second-order valence-electron chi connectivity index (χ2n) is 6.34. The molecule has 0 unspecified atom stereocenters. The van der Waals surface area contributed by atoms with Crippen LogP contribution < -0.4 is 11.1 Å². The molecule has 0 spiro atoms. The van der Waals surface area contributed by atoms with E-state index in [4.69, 9.17) is 5.73 Å². The number of primary amides is 1. The van der Waals surface area contributed by atoms with Crippen molar-refractivity contribution < 1.29 is 4.79 Å². The number of anilines is 1. The van der Waals surface area contributed by atoms with E-state index in [-0.39, 0.29) is 5.01 Å². The molecule has 1 fully saturated rings. The van der Waals surface area contributed by atoms with Crippen LogP contribution in [0.25, 0.3) is 33.7 Å². The molecule has 1 saturated carbocycles. The summed E-state index contributed by atoms with van der Waals surface area (Å²) in [6.07, 6.45) is 5.83. The molecule has 0 aliphatic heterocycles. The highest BCUT2D eigenvalue weighted by Gasteiger charge is 2.22. The van der Waals surface area contributed by atoms with Crippen molar-refractivity contribution in [2.45, 2.75) is 18.9 Å². The molecule has 1 radical (unpaired) electrons. The lowest BCUT2D eigenvalue weighted by Crippen LogP contribution is -2.10. The maximum Gasteiger partial charge on any atom is 0.277 e. The van der Waals surface area contributed by atoms with Gasteiger partial charge in [-0.2, -0.15) is 0 Å². The SMILES string of the molecule is NC(=O)c1nc(-c2cccc3[nH]c(-c4cnc(NC5CC5)nc4)nc23)[c]s1. The van der Waals surface area contributed by atoms with Gasteiger partial charge >= 0.3 is 0 Å². The number of benzene rings is 1. The van der Waals surface area contributed by atoms with E-state index in [9.17, 15) is 4.79 Å². The maximum absolute atomic E-state index is 11.3. The lowest BCUT2D eigenvalue weighted by molar-refractivity contribution is 0.1000. The minimum Gasteiger partial charge on any atom is -0.364 e. The topological polar surface area (TPSA) is 122 Å². The van der Waals surface area contributed by atoms with Crippen LogP contribution in [0, 0.1) is 5.38 Å². The minimum atomic E-state index is -0.561. The Morgan fingerprint density at radius 3 is 2.78 bits per heavy atom. The third kappa shape index (κ3) is 3.02. The van der Waals surface area contributed by atoms with Crippen LogP contribution in [-0.4, -0.2) is 36.9 Å². The first kappa shape index (κ1) is 15.9. The number of nitrogens with one attached hydrogen (secondary N) is 2. The van der Waals surface area contributed by atoms with Crippen LogP contribution in [0.4, 0.5) is 5.95 Å². The first-order valence-corrected chi connectivity index (χ1v) is 9.25. The Balaban J connectivity index is 1.52. The Bertz CT molecular complexity index is 1140. The Morgan fingerprint density at radius 1 is 1.26 bits per heavy atom. The number of para-hydroxylation sites is 1. The summed E-state index contributed by atoms with van der Waals surface area (Å²) in [6.45, 7) is 0. The Hall–Kier alpha value is -3.33. The standard InChI is InChI=1S/C18H14N7OS/c19-15(26)17-24-13(8-27-17)11-2-1-3-12-14(11)25-16(23-12)9-6-20-18(21-7-9)22-10-4-5-10/h1-3,6-7,10H,4-5H2,(H2,19,26)(H,23,25)(H,20,21,22). The minimum absolute atomic E-state index is 0.227. The highest BCUT2D eigenvalue weighted by Crippen LogP contribution is 2.30. The number of aromatic nitrogens is 5. The normalized spacial score (nSPS) is 13.8. The number of carbonyl (C=O) groups excluding carboxylic acids is 1. The highest BCUT2D eigenvalue weighted by molar-refractivity contribution is 7.11. The van der Waals surface area contributed by atoms with E-state index in [1.807, 2.05) is 18.2 Å². The van der Waals surface area contributed by atoms with Crippen LogP contribution in [0.15, 0.2) is 30.6 Å². The molecule has 0 saturated heterocycles. The fourth-order valence-corrected chi connectivity index (χ4v) is 3.35. The molecule has 4 aromatic rings. The zero-order valence-corrected chi connectivity index (χ0v) is 14.9. The Kier molecular flexibility index (Phi) is 3.61. The van der Waals surface area contributed by atoms with Crippen molar-refractivity contribution >= 4 is 34.2 Å². The third-order valence-corrected chi connectivity index (χ3v) is 5.05. The number of amides is 1. The van der Waals surface area contributed by atoms with Gasteiger partial charge in [0, 0.05) is 24.0 Å². The molecule has 0 bridgehead atoms. The van der Waals surface area contributed by atoms with E-state index in [0.29, 0.717) is 23.5 Å². The Labute approximate surface area is 157 Å². The van der Waals surface area contributed by atoms with Crippen LogP contribution in [-0.2, 0) is 0 Å².